The van der Waals surface area contributed by atoms with Gasteiger partial charge in [0.25, 0.3) is 5.91 Å². The Morgan fingerprint density at radius 2 is 2.00 bits per heavy atom. The summed E-state index contributed by atoms with van der Waals surface area (Å²) in [7, 11) is 0. The Hall–Kier alpha value is -1.66. The first-order chi connectivity index (χ1) is 10.9. The fourth-order valence-electron chi connectivity index (χ4n) is 2.13. The van der Waals surface area contributed by atoms with Crippen LogP contribution in [0.15, 0.2) is 28.7 Å². The van der Waals surface area contributed by atoms with E-state index in [0.717, 1.165) is 26.9 Å². The van der Waals surface area contributed by atoms with Crippen molar-refractivity contribution < 1.29 is 14.3 Å². The van der Waals surface area contributed by atoms with Crippen LogP contribution in [-0.4, -0.2) is 18.5 Å². The van der Waals surface area contributed by atoms with Crippen LogP contribution in [0.2, 0.25) is 0 Å². The Labute approximate surface area is 148 Å². The molecule has 1 heterocycles. The van der Waals surface area contributed by atoms with Crippen molar-refractivity contribution >= 4 is 44.8 Å². The summed E-state index contributed by atoms with van der Waals surface area (Å²) in [5.41, 5.74) is 2.77. The molecule has 0 saturated heterocycles. The van der Waals surface area contributed by atoms with Gasteiger partial charge in [-0.2, -0.15) is 0 Å². The molecule has 2 aromatic rings. The van der Waals surface area contributed by atoms with Gasteiger partial charge >= 0.3 is 5.97 Å². The Kier molecular flexibility index (Phi) is 5.96. The maximum Gasteiger partial charge on any atom is 0.348 e. The number of ether oxygens (including phenoxy) is 1. The SMILES string of the molecule is CCc1cc(C(=O)OCC(=O)Nc2ccc(Br)cc2C)sc1C. The molecule has 0 radical (unpaired) electrons. The molecular formula is C17H18BrNO3S. The van der Waals surface area contributed by atoms with E-state index in [0.29, 0.717) is 10.6 Å². The molecule has 2 rings (SSSR count). The zero-order valence-electron chi connectivity index (χ0n) is 13.2. The molecule has 0 aliphatic heterocycles. The van der Waals surface area contributed by atoms with Crippen LogP contribution >= 0.6 is 27.3 Å². The Morgan fingerprint density at radius 3 is 2.61 bits per heavy atom. The van der Waals surface area contributed by atoms with Crippen LogP contribution in [-0.2, 0) is 16.0 Å². The standard InChI is InChI=1S/C17H18BrNO3S/c1-4-12-8-15(23-11(12)3)17(21)22-9-16(20)19-14-6-5-13(18)7-10(14)2/h5-8H,4,9H2,1-3H3,(H,19,20). The van der Waals surface area contributed by atoms with Gasteiger partial charge in [0.2, 0.25) is 0 Å². The third kappa shape index (κ3) is 4.65. The highest BCUT2D eigenvalue weighted by Crippen LogP contribution is 2.23. The summed E-state index contributed by atoms with van der Waals surface area (Å²) in [5, 5.41) is 2.74. The lowest BCUT2D eigenvalue weighted by Crippen LogP contribution is -2.21. The maximum absolute atomic E-state index is 12.0. The van der Waals surface area contributed by atoms with Crippen molar-refractivity contribution in [3.63, 3.8) is 0 Å². The number of thiophene rings is 1. The molecular weight excluding hydrogens is 378 g/mol. The average molecular weight is 396 g/mol. The molecule has 4 nitrogen and oxygen atoms in total. The molecule has 6 heteroatoms. The van der Waals surface area contributed by atoms with E-state index >= 15 is 0 Å². The third-order valence-corrected chi connectivity index (χ3v) is 4.97. The van der Waals surface area contributed by atoms with Crippen LogP contribution in [0.4, 0.5) is 5.69 Å². The number of benzene rings is 1. The molecule has 0 bridgehead atoms. The molecule has 0 spiro atoms. The molecule has 1 N–H and O–H groups in total. The minimum atomic E-state index is -0.458. The summed E-state index contributed by atoms with van der Waals surface area (Å²) in [4.78, 5) is 25.6. The smallest absolute Gasteiger partial charge is 0.348 e. The van der Waals surface area contributed by atoms with Crippen molar-refractivity contribution in [1.29, 1.82) is 0 Å². The lowest BCUT2D eigenvalue weighted by Gasteiger charge is -2.09. The summed E-state index contributed by atoms with van der Waals surface area (Å²) >= 11 is 4.77. The van der Waals surface area contributed by atoms with Gasteiger partial charge in [-0.05, 0) is 55.7 Å². The van der Waals surface area contributed by atoms with E-state index < -0.39 is 5.97 Å². The van der Waals surface area contributed by atoms with Gasteiger partial charge in [0.1, 0.15) is 4.88 Å². The number of rotatable bonds is 5. The van der Waals surface area contributed by atoms with Crippen molar-refractivity contribution in [2.24, 2.45) is 0 Å². The molecule has 0 aliphatic carbocycles. The number of esters is 1. The largest absolute Gasteiger partial charge is 0.451 e. The summed E-state index contributed by atoms with van der Waals surface area (Å²) in [6, 6.07) is 7.38. The van der Waals surface area contributed by atoms with Crippen LogP contribution in [0.5, 0.6) is 0 Å². The Morgan fingerprint density at radius 1 is 1.26 bits per heavy atom. The van der Waals surface area contributed by atoms with Gasteiger partial charge < -0.3 is 10.1 Å². The van der Waals surface area contributed by atoms with Gasteiger partial charge in [0, 0.05) is 15.0 Å². The van der Waals surface area contributed by atoms with Gasteiger partial charge in [0.05, 0.1) is 0 Å². The number of carbonyl (C=O) groups is 2. The number of amides is 1. The van der Waals surface area contributed by atoms with Crippen LogP contribution in [0.1, 0.15) is 32.6 Å². The first-order valence-corrected chi connectivity index (χ1v) is 8.84. The number of carbonyl (C=O) groups excluding carboxylic acids is 2. The molecule has 122 valence electrons. The summed E-state index contributed by atoms with van der Waals surface area (Å²) in [6.07, 6.45) is 0.874. The fraction of sp³-hybridized carbons (Fsp3) is 0.294. The number of hydrogen-bond acceptors (Lipinski definition) is 4. The maximum atomic E-state index is 12.0. The monoisotopic (exact) mass is 395 g/mol. The first kappa shape index (κ1) is 17.7. The number of anilines is 1. The molecule has 0 atom stereocenters. The second-order valence-electron chi connectivity index (χ2n) is 5.13. The zero-order valence-corrected chi connectivity index (χ0v) is 15.6. The van der Waals surface area contributed by atoms with E-state index in [1.54, 1.807) is 6.07 Å². The summed E-state index contributed by atoms with van der Waals surface area (Å²) < 4.78 is 6.03. The van der Waals surface area contributed by atoms with E-state index in [-0.39, 0.29) is 12.5 Å². The lowest BCUT2D eigenvalue weighted by atomic mass is 10.2. The van der Waals surface area contributed by atoms with Gasteiger partial charge in [-0.15, -0.1) is 11.3 Å². The van der Waals surface area contributed by atoms with Crippen molar-refractivity contribution in [3.8, 4) is 0 Å². The normalized spacial score (nSPS) is 10.4. The molecule has 0 unspecified atom stereocenters. The van der Waals surface area contributed by atoms with E-state index in [1.807, 2.05) is 39.0 Å². The topological polar surface area (TPSA) is 55.4 Å². The van der Waals surface area contributed by atoms with Crippen molar-refractivity contribution in [1.82, 2.24) is 0 Å². The number of aryl methyl sites for hydroxylation is 3. The highest BCUT2D eigenvalue weighted by Gasteiger charge is 2.15. The zero-order chi connectivity index (χ0) is 17.0. The molecule has 1 aromatic carbocycles. The molecule has 0 fully saturated rings. The molecule has 0 aliphatic rings. The van der Waals surface area contributed by atoms with Crippen LogP contribution in [0.25, 0.3) is 0 Å². The number of nitrogens with one attached hydrogen (secondary N) is 1. The number of halogens is 1. The summed E-state index contributed by atoms with van der Waals surface area (Å²) in [5.74, 6) is -0.812. The highest BCUT2D eigenvalue weighted by molar-refractivity contribution is 9.10. The minimum Gasteiger partial charge on any atom is -0.451 e. The van der Waals surface area contributed by atoms with Crippen molar-refractivity contribution in [2.45, 2.75) is 27.2 Å². The lowest BCUT2D eigenvalue weighted by molar-refractivity contribution is -0.119. The predicted octanol–water partition coefficient (Wildman–Crippen LogP) is 4.49. The van der Waals surface area contributed by atoms with Gasteiger partial charge in [-0.3, -0.25) is 4.79 Å². The Balaban J connectivity index is 1.91. The molecule has 1 aromatic heterocycles. The summed E-state index contributed by atoms with van der Waals surface area (Å²) in [6.45, 7) is 5.61. The van der Waals surface area contributed by atoms with Gasteiger partial charge in [-0.25, -0.2) is 4.79 Å². The molecule has 1 amide bonds. The van der Waals surface area contributed by atoms with E-state index in [1.165, 1.54) is 11.3 Å². The minimum absolute atomic E-state index is 0.299. The molecule has 0 saturated carbocycles. The van der Waals surface area contributed by atoms with Gasteiger partial charge in [-0.1, -0.05) is 22.9 Å². The average Bonchev–Trinajstić information content (AvgIpc) is 2.89. The van der Waals surface area contributed by atoms with Crippen LogP contribution in [0.3, 0.4) is 0 Å². The second kappa shape index (κ2) is 7.75. The second-order valence-corrected chi connectivity index (χ2v) is 7.30. The van der Waals surface area contributed by atoms with Crippen LogP contribution in [0, 0.1) is 13.8 Å². The van der Waals surface area contributed by atoms with E-state index in [9.17, 15) is 9.59 Å². The van der Waals surface area contributed by atoms with E-state index in [2.05, 4.69) is 21.2 Å². The number of hydrogen-bond donors (Lipinski definition) is 1. The third-order valence-electron chi connectivity index (χ3n) is 3.40. The van der Waals surface area contributed by atoms with Crippen molar-refractivity contribution in [2.75, 3.05) is 11.9 Å². The fourth-order valence-corrected chi connectivity index (χ4v) is 3.61. The first-order valence-electron chi connectivity index (χ1n) is 7.23. The van der Waals surface area contributed by atoms with Crippen molar-refractivity contribution in [3.05, 3.63) is 49.6 Å². The van der Waals surface area contributed by atoms with E-state index in [4.69, 9.17) is 4.74 Å². The predicted molar refractivity (Wildman–Crippen MR) is 96.2 cm³/mol. The van der Waals surface area contributed by atoms with Crippen LogP contribution < -0.4 is 5.32 Å². The quantitative estimate of drug-likeness (QED) is 0.758. The van der Waals surface area contributed by atoms with Gasteiger partial charge in [0.15, 0.2) is 6.61 Å². The Bertz CT molecular complexity index is 739. The molecule has 23 heavy (non-hydrogen) atoms. The highest BCUT2D eigenvalue weighted by atomic mass is 79.9.